The molecule has 0 N–H and O–H groups in total. The van der Waals surface area contributed by atoms with Crippen molar-refractivity contribution in [3.63, 3.8) is 0 Å². The smallest absolute Gasteiger partial charge is 0.410 e. The van der Waals surface area contributed by atoms with Crippen molar-refractivity contribution in [1.82, 2.24) is 24.6 Å². The molecule has 2 fully saturated rings. The van der Waals surface area contributed by atoms with Crippen LogP contribution >= 0.6 is 0 Å². The van der Waals surface area contributed by atoms with Gasteiger partial charge in [0.25, 0.3) is 0 Å². The number of methoxy groups -OCH3 is 1. The van der Waals surface area contributed by atoms with Gasteiger partial charge in [0.05, 0.1) is 30.6 Å². The number of nitrogens with zero attached hydrogens (tertiary/aromatic N) is 5. The Bertz CT molecular complexity index is 1010. The van der Waals surface area contributed by atoms with Gasteiger partial charge in [0.2, 0.25) is 5.88 Å². The van der Waals surface area contributed by atoms with Gasteiger partial charge in [-0.15, -0.1) is 0 Å². The fourth-order valence-electron chi connectivity index (χ4n) is 4.70. The van der Waals surface area contributed by atoms with Gasteiger partial charge >= 0.3 is 6.09 Å². The van der Waals surface area contributed by atoms with Crippen LogP contribution in [0.1, 0.15) is 69.3 Å². The molecule has 1 amide bonds. The van der Waals surface area contributed by atoms with E-state index in [4.69, 9.17) is 14.6 Å². The number of carbonyl (C=O) groups excluding carboxylic acids is 1. The van der Waals surface area contributed by atoms with E-state index in [1.54, 1.807) is 13.4 Å². The van der Waals surface area contributed by atoms with Crippen LogP contribution < -0.4 is 4.74 Å². The monoisotopic (exact) mass is 411 g/mol. The molecule has 0 unspecified atom stereocenters. The summed E-state index contributed by atoms with van der Waals surface area (Å²) in [6.45, 7) is 6.84. The summed E-state index contributed by atoms with van der Waals surface area (Å²) in [4.78, 5) is 23.7. The van der Waals surface area contributed by atoms with Crippen molar-refractivity contribution < 1.29 is 14.3 Å². The Kier molecular flexibility index (Phi) is 4.14. The molecule has 2 aromatic heterocycles. The standard InChI is InChI=1S/C22H29N5O3/c1-21(2,3)30-20(28)27-10-14-17(25-26(4)18(14)22(11-27)8-9-22)15-16(13-6-7-13)23-12-24-19(15)29-5/h12-13H,6-11H2,1-5H3. The van der Waals surface area contributed by atoms with Gasteiger partial charge in [-0.3, -0.25) is 4.68 Å². The summed E-state index contributed by atoms with van der Waals surface area (Å²) in [5.41, 5.74) is 4.45. The first-order valence-electron chi connectivity index (χ1n) is 10.7. The minimum atomic E-state index is -0.526. The van der Waals surface area contributed by atoms with Crippen molar-refractivity contribution in [2.45, 2.75) is 69.9 Å². The molecule has 2 saturated carbocycles. The molecule has 0 radical (unpaired) electrons. The van der Waals surface area contributed by atoms with Gasteiger partial charge in [0, 0.05) is 30.5 Å². The van der Waals surface area contributed by atoms with E-state index >= 15 is 0 Å². The predicted octanol–water partition coefficient (Wildman–Crippen LogP) is 3.55. The van der Waals surface area contributed by atoms with Gasteiger partial charge in [0.15, 0.2) is 0 Å². The van der Waals surface area contributed by atoms with Crippen molar-refractivity contribution >= 4 is 6.09 Å². The first kappa shape index (κ1) is 19.3. The molecular weight excluding hydrogens is 382 g/mol. The van der Waals surface area contributed by atoms with E-state index in [1.807, 2.05) is 37.4 Å². The van der Waals surface area contributed by atoms with Crippen molar-refractivity contribution in [3.8, 4) is 17.1 Å². The Morgan fingerprint density at radius 1 is 1.23 bits per heavy atom. The highest BCUT2D eigenvalue weighted by Crippen LogP contribution is 2.55. The van der Waals surface area contributed by atoms with Crippen LogP contribution in [0.15, 0.2) is 6.33 Å². The second-order valence-electron chi connectivity index (χ2n) is 9.83. The molecule has 160 valence electrons. The van der Waals surface area contributed by atoms with Crippen LogP contribution in [0, 0.1) is 0 Å². The molecule has 2 aromatic rings. The molecule has 30 heavy (non-hydrogen) atoms. The third-order valence-electron chi connectivity index (χ3n) is 6.23. The highest BCUT2D eigenvalue weighted by atomic mass is 16.6. The van der Waals surface area contributed by atoms with E-state index < -0.39 is 5.60 Å². The van der Waals surface area contributed by atoms with Gasteiger partial charge in [0.1, 0.15) is 17.6 Å². The van der Waals surface area contributed by atoms with Crippen LogP contribution in [0.4, 0.5) is 4.79 Å². The number of amides is 1. The fourth-order valence-corrected chi connectivity index (χ4v) is 4.70. The average Bonchev–Trinajstić information content (AvgIpc) is 3.60. The van der Waals surface area contributed by atoms with E-state index in [0.717, 1.165) is 48.2 Å². The van der Waals surface area contributed by atoms with Crippen LogP contribution in [0.25, 0.3) is 11.3 Å². The largest absolute Gasteiger partial charge is 0.480 e. The maximum Gasteiger partial charge on any atom is 0.410 e. The molecule has 1 spiro atoms. The normalized spacial score (nSPS) is 19.6. The summed E-state index contributed by atoms with van der Waals surface area (Å²) in [5.74, 6) is 0.974. The van der Waals surface area contributed by atoms with Crippen LogP contribution in [0.2, 0.25) is 0 Å². The van der Waals surface area contributed by atoms with E-state index in [2.05, 4.69) is 9.97 Å². The highest BCUT2D eigenvalue weighted by molar-refractivity contribution is 5.75. The first-order valence-corrected chi connectivity index (χ1v) is 10.7. The lowest BCUT2D eigenvalue weighted by molar-refractivity contribution is 0.0194. The van der Waals surface area contributed by atoms with Crippen molar-refractivity contribution in [2.24, 2.45) is 7.05 Å². The maximum atomic E-state index is 12.9. The number of ether oxygens (including phenoxy) is 2. The van der Waals surface area contributed by atoms with Gasteiger partial charge in [-0.05, 0) is 46.5 Å². The SMILES string of the molecule is COc1ncnc(C2CC2)c1-c1nn(C)c2c1CN(C(=O)OC(C)(C)C)CC21CC1. The van der Waals surface area contributed by atoms with E-state index in [1.165, 1.54) is 5.69 Å². The topological polar surface area (TPSA) is 82.4 Å². The van der Waals surface area contributed by atoms with E-state index in [-0.39, 0.29) is 11.5 Å². The zero-order valence-corrected chi connectivity index (χ0v) is 18.4. The van der Waals surface area contributed by atoms with Crippen molar-refractivity contribution in [2.75, 3.05) is 13.7 Å². The van der Waals surface area contributed by atoms with Crippen LogP contribution in [0.3, 0.4) is 0 Å². The molecule has 0 atom stereocenters. The number of rotatable bonds is 3. The zero-order valence-electron chi connectivity index (χ0n) is 18.4. The number of aromatic nitrogens is 4. The summed E-state index contributed by atoms with van der Waals surface area (Å²) in [7, 11) is 3.63. The second kappa shape index (κ2) is 6.43. The number of hydrogen-bond acceptors (Lipinski definition) is 6. The zero-order chi connectivity index (χ0) is 21.3. The summed E-state index contributed by atoms with van der Waals surface area (Å²) < 4.78 is 13.3. The van der Waals surface area contributed by atoms with Crippen LogP contribution in [-0.2, 0) is 23.7 Å². The fraction of sp³-hybridized carbons (Fsp3) is 0.636. The minimum Gasteiger partial charge on any atom is -0.480 e. The maximum absolute atomic E-state index is 12.9. The quantitative estimate of drug-likeness (QED) is 0.768. The van der Waals surface area contributed by atoms with Gasteiger partial charge in [-0.1, -0.05) is 0 Å². The predicted molar refractivity (Wildman–Crippen MR) is 110 cm³/mol. The molecule has 0 aromatic carbocycles. The summed E-state index contributed by atoms with van der Waals surface area (Å²) in [6, 6.07) is 0. The molecule has 1 aliphatic heterocycles. The lowest BCUT2D eigenvalue weighted by atomic mass is 9.90. The van der Waals surface area contributed by atoms with E-state index in [0.29, 0.717) is 24.9 Å². The summed E-state index contributed by atoms with van der Waals surface area (Å²) >= 11 is 0. The molecule has 0 bridgehead atoms. The Morgan fingerprint density at radius 3 is 2.57 bits per heavy atom. The number of carbonyl (C=O) groups is 1. The van der Waals surface area contributed by atoms with Gasteiger partial charge in [-0.2, -0.15) is 5.10 Å². The van der Waals surface area contributed by atoms with Crippen LogP contribution in [0.5, 0.6) is 5.88 Å². The molecule has 8 nitrogen and oxygen atoms in total. The molecule has 8 heteroatoms. The summed E-state index contributed by atoms with van der Waals surface area (Å²) in [6.07, 6.45) is 5.65. The van der Waals surface area contributed by atoms with Gasteiger partial charge in [-0.25, -0.2) is 14.8 Å². The molecule has 5 rings (SSSR count). The third kappa shape index (κ3) is 3.13. The van der Waals surface area contributed by atoms with Crippen molar-refractivity contribution in [3.05, 3.63) is 23.3 Å². The molecular formula is C22H29N5O3. The number of fused-ring (bicyclic) bond motifs is 2. The summed E-state index contributed by atoms with van der Waals surface area (Å²) in [5, 5.41) is 4.92. The molecule has 3 heterocycles. The minimum absolute atomic E-state index is 0.0346. The Labute approximate surface area is 176 Å². The lowest BCUT2D eigenvalue weighted by Gasteiger charge is -2.35. The molecule has 2 aliphatic carbocycles. The van der Waals surface area contributed by atoms with Gasteiger partial charge < -0.3 is 14.4 Å². The van der Waals surface area contributed by atoms with E-state index in [9.17, 15) is 4.79 Å². The lowest BCUT2D eigenvalue weighted by Crippen LogP contribution is -2.44. The third-order valence-corrected chi connectivity index (χ3v) is 6.23. The van der Waals surface area contributed by atoms with Crippen molar-refractivity contribution in [1.29, 1.82) is 0 Å². The Balaban J connectivity index is 1.62. The molecule has 3 aliphatic rings. The molecule has 0 saturated heterocycles. The number of aryl methyl sites for hydroxylation is 1. The first-order chi connectivity index (χ1) is 14.2. The average molecular weight is 412 g/mol. The second-order valence-corrected chi connectivity index (χ2v) is 9.83. The van der Waals surface area contributed by atoms with Crippen LogP contribution in [-0.4, -0.2) is 50.0 Å². The highest BCUT2D eigenvalue weighted by Gasteiger charge is 2.54. The Hall–Kier alpha value is -2.64. The number of hydrogen-bond donors (Lipinski definition) is 0. The Morgan fingerprint density at radius 2 is 1.97 bits per heavy atom.